The molecule has 3 heterocycles. The third kappa shape index (κ3) is 3.77. The lowest BCUT2D eigenvalue weighted by molar-refractivity contribution is -0.124. The van der Waals surface area contributed by atoms with Gasteiger partial charge in [-0.15, -0.1) is 0 Å². The number of fused-ring (bicyclic) bond motifs is 1. The molecule has 2 aromatic heterocycles. The molecule has 0 spiro atoms. The molecule has 0 unspecified atom stereocenters. The van der Waals surface area contributed by atoms with Crippen molar-refractivity contribution in [2.24, 2.45) is 0 Å². The van der Waals surface area contributed by atoms with Gasteiger partial charge in [-0.05, 0) is 48.0 Å². The molecule has 0 saturated carbocycles. The summed E-state index contributed by atoms with van der Waals surface area (Å²) in [4.78, 5) is 29.3. The molecule has 172 valence electrons. The molecule has 1 fully saturated rings. The molecule has 1 aliphatic heterocycles. The zero-order valence-corrected chi connectivity index (χ0v) is 18.3. The van der Waals surface area contributed by atoms with Crippen molar-refractivity contribution in [1.29, 1.82) is 0 Å². The van der Waals surface area contributed by atoms with Crippen molar-refractivity contribution in [3.63, 3.8) is 0 Å². The van der Waals surface area contributed by atoms with Crippen LogP contribution in [0.1, 0.15) is 11.3 Å². The predicted octanol–water partition coefficient (Wildman–Crippen LogP) is 3.06. The van der Waals surface area contributed by atoms with Gasteiger partial charge in [0.15, 0.2) is 11.4 Å². The van der Waals surface area contributed by atoms with Crippen LogP contribution in [0, 0.1) is 0 Å². The average molecular weight is 458 g/mol. The summed E-state index contributed by atoms with van der Waals surface area (Å²) in [5.41, 5.74) is -0.0687. The van der Waals surface area contributed by atoms with Gasteiger partial charge in [0, 0.05) is 23.2 Å². The Labute approximate surface area is 194 Å². The minimum absolute atomic E-state index is 0.0124. The number of ether oxygens (including phenoxy) is 2. The van der Waals surface area contributed by atoms with Crippen LogP contribution in [-0.4, -0.2) is 33.7 Å². The van der Waals surface area contributed by atoms with Crippen LogP contribution in [0.5, 0.6) is 17.4 Å². The number of methoxy groups -OCH3 is 1. The van der Waals surface area contributed by atoms with Crippen LogP contribution in [0.4, 0.5) is 4.79 Å². The Morgan fingerprint density at radius 3 is 2.53 bits per heavy atom. The van der Waals surface area contributed by atoms with E-state index in [4.69, 9.17) is 9.47 Å². The fourth-order valence-corrected chi connectivity index (χ4v) is 4.10. The first-order valence-corrected chi connectivity index (χ1v) is 10.6. The lowest BCUT2D eigenvalue weighted by atomic mass is 9.89. The second-order valence-electron chi connectivity index (χ2n) is 7.98. The Bertz CT molecular complexity index is 1370. The van der Waals surface area contributed by atoms with Gasteiger partial charge in [-0.25, -0.2) is 4.79 Å². The van der Waals surface area contributed by atoms with Crippen LogP contribution >= 0.6 is 0 Å². The van der Waals surface area contributed by atoms with E-state index in [-0.39, 0.29) is 12.4 Å². The molecule has 1 saturated heterocycles. The lowest BCUT2D eigenvalue weighted by Gasteiger charge is -2.27. The van der Waals surface area contributed by atoms with Crippen molar-refractivity contribution in [2.75, 3.05) is 7.11 Å². The fraction of sp³-hybridized carbons (Fsp3) is 0.160. The number of nitrogens with zero attached hydrogens (tertiary/aromatic N) is 2. The molecule has 1 atom stereocenters. The largest absolute Gasteiger partial charge is 0.497 e. The number of aromatic hydroxyl groups is 1. The molecule has 5 rings (SSSR count). The van der Waals surface area contributed by atoms with Gasteiger partial charge in [0.05, 0.1) is 19.3 Å². The maximum absolute atomic E-state index is 13.0. The Morgan fingerprint density at radius 1 is 1.06 bits per heavy atom. The number of carbonyl (C=O) groups is 2. The predicted molar refractivity (Wildman–Crippen MR) is 124 cm³/mol. The molecule has 4 aromatic rings. The molecular formula is C25H22N4O5. The van der Waals surface area contributed by atoms with E-state index in [1.165, 1.54) is 0 Å². The molecule has 9 heteroatoms. The topological polar surface area (TPSA) is 115 Å². The van der Waals surface area contributed by atoms with Crippen molar-refractivity contribution in [3.05, 3.63) is 84.3 Å². The number of hydrogen-bond donors (Lipinski definition) is 3. The number of rotatable bonds is 7. The van der Waals surface area contributed by atoms with E-state index < -0.39 is 17.5 Å². The zero-order valence-electron chi connectivity index (χ0n) is 18.3. The highest BCUT2D eigenvalue weighted by Crippen LogP contribution is 2.35. The van der Waals surface area contributed by atoms with Crippen LogP contribution in [0.2, 0.25) is 0 Å². The Kier molecular flexibility index (Phi) is 5.29. The standard InChI is InChI=1S/C25H22N4O5/c1-33-20-8-5-16-13-29(22(30)21(16)12-20)15-25(23(31)27-24(32)28-25)17-6-9-19(10-7-17)34-14-18-4-2-3-11-26-18/h2-13,30H,14-15H2,1H3,(H2,27,28,31,32)/t25-/m0/s1. The highest BCUT2D eigenvalue weighted by atomic mass is 16.5. The summed E-state index contributed by atoms with van der Waals surface area (Å²) in [6.07, 6.45) is 3.43. The molecule has 9 nitrogen and oxygen atoms in total. The Morgan fingerprint density at radius 2 is 1.85 bits per heavy atom. The van der Waals surface area contributed by atoms with Gasteiger partial charge in [0.25, 0.3) is 5.91 Å². The van der Waals surface area contributed by atoms with Crippen LogP contribution in [0.25, 0.3) is 10.8 Å². The minimum Gasteiger partial charge on any atom is -0.497 e. The summed E-state index contributed by atoms with van der Waals surface area (Å²) in [5.74, 6) is 0.659. The number of urea groups is 1. The number of hydrogen-bond acceptors (Lipinski definition) is 6. The highest BCUT2D eigenvalue weighted by Gasteiger charge is 2.48. The van der Waals surface area contributed by atoms with E-state index in [1.807, 2.05) is 24.3 Å². The van der Waals surface area contributed by atoms with Crippen LogP contribution in [-0.2, 0) is 23.5 Å². The fourth-order valence-electron chi connectivity index (χ4n) is 4.10. The van der Waals surface area contributed by atoms with Gasteiger partial charge in [-0.2, -0.15) is 0 Å². The van der Waals surface area contributed by atoms with E-state index in [0.29, 0.717) is 29.1 Å². The summed E-state index contributed by atoms with van der Waals surface area (Å²) in [6, 6.07) is 17.2. The normalized spacial score (nSPS) is 17.4. The zero-order chi connectivity index (χ0) is 23.7. The Balaban J connectivity index is 1.45. The van der Waals surface area contributed by atoms with Crippen molar-refractivity contribution in [2.45, 2.75) is 18.7 Å². The van der Waals surface area contributed by atoms with E-state index >= 15 is 0 Å². The maximum Gasteiger partial charge on any atom is 0.322 e. The number of amides is 3. The number of nitrogens with one attached hydrogen (secondary N) is 2. The van der Waals surface area contributed by atoms with E-state index in [0.717, 1.165) is 11.1 Å². The summed E-state index contributed by atoms with van der Waals surface area (Å²) in [5, 5.41) is 17.3. The van der Waals surface area contributed by atoms with Crippen molar-refractivity contribution >= 4 is 22.7 Å². The smallest absolute Gasteiger partial charge is 0.322 e. The third-order valence-corrected chi connectivity index (χ3v) is 5.88. The summed E-state index contributed by atoms with van der Waals surface area (Å²) < 4.78 is 12.6. The Hall–Kier alpha value is -4.53. The summed E-state index contributed by atoms with van der Waals surface area (Å²) in [6.45, 7) is 0.289. The number of aromatic nitrogens is 2. The molecular weight excluding hydrogens is 436 g/mol. The van der Waals surface area contributed by atoms with E-state index in [1.54, 1.807) is 60.5 Å². The molecule has 34 heavy (non-hydrogen) atoms. The van der Waals surface area contributed by atoms with Gasteiger partial charge in [0.2, 0.25) is 0 Å². The first-order valence-electron chi connectivity index (χ1n) is 10.6. The van der Waals surface area contributed by atoms with Crippen molar-refractivity contribution in [1.82, 2.24) is 20.2 Å². The van der Waals surface area contributed by atoms with Crippen LogP contribution in [0.15, 0.2) is 73.1 Å². The van der Waals surface area contributed by atoms with Gasteiger partial charge in [0.1, 0.15) is 18.1 Å². The summed E-state index contributed by atoms with van der Waals surface area (Å²) in [7, 11) is 1.55. The van der Waals surface area contributed by atoms with Crippen LogP contribution in [0.3, 0.4) is 0 Å². The van der Waals surface area contributed by atoms with Gasteiger partial charge in [-0.1, -0.05) is 18.2 Å². The van der Waals surface area contributed by atoms with Gasteiger partial charge in [-0.3, -0.25) is 15.1 Å². The lowest BCUT2D eigenvalue weighted by Crippen LogP contribution is -2.47. The molecule has 3 N–H and O–H groups in total. The van der Waals surface area contributed by atoms with E-state index in [9.17, 15) is 14.7 Å². The van der Waals surface area contributed by atoms with Crippen molar-refractivity contribution in [3.8, 4) is 17.4 Å². The second kappa shape index (κ2) is 8.43. The number of imide groups is 1. The molecule has 2 aromatic carbocycles. The third-order valence-electron chi connectivity index (χ3n) is 5.88. The first-order chi connectivity index (χ1) is 16.5. The minimum atomic E-state index is -1.41. The molecule has 0 aliphatic carbocycles. The highest BCUT2D eigenvalue weighted by molar-refractivity contribution is 6.07. The molecule has 3 amide bonds. The van der Waals surface area contributed by atoms with Gasteiger partial charge < -0.3 is 24.5 Å². The first kappa shape index (κ1) is 21.3. The summed E-state index contributed by atoms with van der Waals surface area (Å²) >= 11 is 0. The maximum atomic E-state index is 13.0. The molecule has 0 bridgehead atoms. The average Bonchev–Trinajstić information content (AvgIpc) is 3.33. The van der Waals surface area contributed by atoms with E-state index in [2.05, 4.69) is 15.6 Å². The number of pyridine rings is 1. The molecule has 1 aliphatic rings. The number of benzene rings is 2. The van der Waals surface area contributed by atoms with Gasteiger partial charge >= 0.3 is 6.03 Å². The second-order valence-corrected chi connectivity index (χ2v) is 7.98. The quantitative estimate of drug-likeness (QED) is 0.367. The monoisotopic (exact) mass is 458 g/mol. The molecule has 0 radical (unpaired) electrons. The van der Waals surface area contributed by atoms with Crippen molar-refractivity contribution < 1.29 is 24.2 Å². The van der Waals surface area contributed by atoms with Crippen LogP contribution < -0.4 is 20.1 Å². The SMILES string of the molecule is COc1ccc2cn(C[C@@]3(c4ccc(OCc5ccccn5)cc4)NC(=O)NC3=O)c(O)c2c1. The number of carbonyl (C=O) groups excluding carboxylic acids is 2.